The normalized spacial score (nSPS) is 30.1. The van der Waals surface area contributed by atoms with Gasteiger partial charge in [0, 0.05) is 51.1 Å². The second-order valence-corrected chi connectivity index (χ2v) is 5.97. The van der Waals surface area contributed by atoms with E-state index in [4.69, 9.17) is 0 Å². The van der Waals surface area contributed by atoms with Gasteiger partial charge >= 0.3 is 0 Å². The lowest BCUT2D eigenvalue weighted by Crippen LogP contribution is -2.65. The molecule has 0 aliphatic carbocycles. The summed E-state index contributed by atoms with van der Waals surface area (Å²) in [5.74, 6) is 0.659. The summed E-state index contributed by atoms with van der Waals surface area (Å²) in [6.07, 6.45) is 0. The second-order valence-electron chi connectivity index (χ2n) is 4.98. The largest absolute Gasteiger partial charge is 0.338 e. The molecule has 0 bridgehead atoms. The van der Waals surface area contributed by atoms with Gasteiger partial charge in [0.1, 0.15) is 6.04 Å². The summed E-state index contributed by atoms with van der Waals surface area (Å²) in [7, 11) is 0. The number of nitrogens with zero attached hydrogens (tertiary/aromatic N) is 2. The number of carbonyl (C=O) groups excluding carboxylic acids is 2. The highest BCUT2D eigenvalue weighted by Gasteiger charge is 2.39. The summed E-state index contributed by atoms with van der Waals surface area (Å²) >= 11 is 1.20. The van der Waals surface area contributed by atoms with Gasteiger partial charge in [-0.1, -0.05) is 11.8 Å². The zero-order valence-electron chi connectivity index (χ0n) is 10.2. The van der Waals surface area contributed by atoms with Crippen LogP contribution in [-0.2, 0) is 4.79 Å². The molecule has 18 heavy (non-hydrogen) atoms. The van der Waals surface area contributed by atoms with E-state index in [0.29, 0.717) is 11.8 Å². The van der Waals surface area contributed by atoms with Crippen LogP contribution in [0.15, 0.2) is 0 Å². The van der Waals surface area contributed by atoms with Crippen LogP contribution in [0.2, 0.25) is 0 Å². The Morgan fingerprint density at radius 1 is 1.28 bits per heavy atom. The molecule has 0 aromatic heterocycles. The molecule has 7 heteroatoms. The molecule has 0 aromatic rings. The van der Waals surface area contributed by atoms with Crippen LogP contribution in [0.4, 0.5) is 4.79 Å². The molecule has 3 heterocycles. The fraction of sp³-hybridized carbons (Fsp3) is 0.818. The zero-order valence-corrected chi connectivity index (χ0v) is 11.0. The zero-order chi connectivity index (χ0) is 12.5. The van der Waals surface area contributed by atoms with Gasteiger partial charge in [-0.05, 0) is 0 Å². The van der Waals surface area contributed by atoms with E-state index in [1.807, 2.05) is 4.90 Å². The summed E-state index contributed by atoms with van der Waals surface area (Å²) in [6.45, 7) is 5.86. The SMILES string of the molecule is O=C1NC(C(=O)N2CC(N3CCNCC3)C2)CS1. The highest BCUT2D eigenvalue weighted by Crippen LogP contribution is 2.20. The van der Waals surface area contributed by atoms with Crippen LogP contribution >= 0.6 is 11.8 Å². The Kier molecular flexibility index (Phi) is 3.45. The van der Waals surface area contributed by atoms with Gasteiger partial charge in [0.2, 0.25) is 5.91 Å². The third-order valence-electron chi connectivity index (χ3n) is 3.81. The van der Waals surface area contributed by atoms with Crippen LogP contribution in [0.3, 0.4) is 0 Å². The number of carbonyl (C=O) groups is 2. The predicted octanol–water partition coefficient (Wildman–Crippen LogP) is -1.07. The molecular weight excluding hydrogens is 252 g/mol. The van der Waals surface area contributed by atoms with Crippen molar-refractivity contribution in [1.29, 1.82) is 0 Å². The molecule has 1 atom stereocenters. The first-order valence-corrected chi connectivity index (χ1v) is 7.39. The van der Waals surface area contributed by atoms with Gasteiger partial charge < -0.3 is 15.5 Å². The van der Waals surface area contributed by atoms with Crippen LogP contribution in [0, 0.1) is 0 Å². The molecule has 3 rings (SSSR count). The van der Waals surface area contributed by atoms with Gasteiger partial charge in [-0.15, -0.1) is 0 Å². The van der Waals surface area contributed by atoms with Crippen molar-refractivity contribution in [3.63, 3.8) is 0 Å². The second kappa shape index (κ2) is 5.07. The Bertz CT molecular complexity index is 353. The summed E-state index contributed by atoms with van der Waals surface area (Å²) in [4.78, 5) is 27.4. The number of hydrogen-bond donors (Lipinski definition) is 2. The molecule has 0 radical (unpaired) electrons. The monoisotopic (exact) mass is 270 g/mol. The van der Waals surface area contributed by atoms with E-state index in [1.165, 1.54) is 11.8 Å². The lowest BCUT2D eigenvalue weighted by atomic mass is 10.0. The van der Waals surface area contributed by atoms with Crippen LogP contribution in [0.25, 0.3) is 0 Å². The first-order valence-electron chi connectivity index (χ1n) is 6.41. The number of amides is 2. The molecule has 3 saturated heterocycles. The smallest absolute Gasteiger partial charge is 0.279 e. The minimum Gasteiger partial charge on any atom is -0.338 e. The van der Waals surface area contributed by atoms with Crippen LogP contribution in [0.1, 0.15) is 0 Å². The topological polar surface area (TPSA) is 64.7 Å². The van der Waals surface area contributed by atoms with Gasteiger partial charge in [0.25, 0.3) is 5.24 Å². The number of rotatable bonds is 2. The minimum absolute atomic E-state index is 0.0764. The fourth-order valence-electron chi connectivity index (χ4n) is 2.65. The van der Waals surface area contributed by atoms with E-state index < -0.39 is 0 Å². The quantitative estimate of drug-likeness (QED) is 0.669. The average Bonchev–Trinajstić information content (AvgIpc) is 2.75. The van der Waals surface area contributed by atoms with E-state index in [1.54, 1.807) is 0 Å². The highest BCUT2D eigenvalue weighted by molar-refractivity contribution is 8.14. The molecule has 2 N–H and O–H groups in total. The van der Waals surface area contributed by atoms with E-state index in [-0.39, 0.29) is 17.2 Å². The third-order valence-corrected chi connectivity index (χ3v) is 4.69. The first kappa shape index (κ1) is 12.3. The van der Waals surface area contributed by atoms with Gasteiger partial charge in [0.05, 0.1) is 0 Å². The van der Waals surface area contributed by atoms with Crippen LogP contribution in [-0.4, -0.2) is 78.1 Å². The number of thioether (sulfide) groups is 1. The molecule has 3 aliphatic heterocycles. The van der Waals surface area contributed by atoms with Gasteiger partial charge in [-0.25, -0.2) is 0 Å². The Morgan fingerprint density at radius 3 is 2.61 bits per heavy atom. The summed E-state index contributed by atoms with van der Waals surface area (Å²) in [5, 5.41) is 5.96. The molecule has 2 amide bonds. The van der Waals surface area contributed by atoms with Crippen molar-refractivity contribution in [1.82, 2.24) is 20.4 Å². The fourth-order valence-corrected chi connectivity index (χ4v) is 3.42. The van der Waals surface area contributed by atoms with Crippen LogP contribution < -0.4 is 10.6 Å². The Labute approximate surface area is 110 Å². The summed E-state index contributed by atoms with van der Waals surface area (Å²) in [6, 6.07) is 0.215. The Morgan fingerprint density at radius 2 is 2.00 bits per heavy atom. The lowest BCUT2D eigenvalue weighted by Gasteiger charge is -2.47. The van der Waals surface area contributed by atoms with Gasteiger partial charge in [-0.3, -0.25) is 14.5 Å². The molecule has 0 aromatic carbocycles. The maximum absolute atomic E-state index is 12.1. The summed E-state index contributed by atoms with van der Waals surface area (Å²) < 4.78 is 0. The third kappa shape index (κ3) is 2.34. The predicted molar refractivity (Wildman–Crippen MR) is 69.6 cm³/mol. The van der Waals surface area contributed by atoms with Crippen molar-refractivity contribution in [2.75, 3.05) is 45.0 Å². The molecule has 1 unspecified atom stereocenters. The standard InChI is InChI=1S/C11H18N4O2S/c16-10(9-7-18-11(17)13-9)15-5-8(6-15)14-3-1-12-2-4-14/h8-9,12H,1-7H2,(H,13,17). The maximum atomic E-state index is 12.1. The Balaban J connectivity index is 1.46. The maximum Gasteiger partial charge on any atom is 0.279 e. The van der Waals surface area contributed by atoms with E-state index in [0.717, 1.165) is 39.3 Å². The molecule has 0 saturated carbocycles. The van der Waals surface area contributed by atoms with Crippen molar-refractivity contribution in [3.05, 3.63) is 0 Å². The van der Waals surface area contributed by atoms with Gasteiger partial charge in [0.15, 0.2) is 0 Å². The summed E-state index contributed by atoms with van der Waals surface area (Å²) in [5.41, 5.74) is 0. The van der Waals surface area contributed by atoms with Crippen molar-refractivity contribution in [3.8, 4) is 0 Å². The number of nitrogens with one attached hydrogen (secondary N) is 2. The molecule has 3 fully saturated rings. The molecule has 100 valence electrons. The average molecular weight is 270 g/mol. The number of piperazine rings is 1. The van der Waals surface area contributed by atoms with Crippen molar-refractivity contribution >= 4 is 22.9 Å². The number of likely N-dealkylation sites (tertiary alicyclic amines) is 1. The molecule has 3 aliphatic rings. The van der Waals surface area contributed by atoms with Crippen molar-refractivity contribution < 1.29 is 9.59 Å². The first-order chi connectivity index (χ1) is 8.74. The number of hydrogen-bond acceptors (Lipinski definition) is 5. The van der Waals surface area contributed by atoms with Crippen LogP contribution in [0.5, 0.6) is 0 Å². The van der Waals surface area contributed by atoms with E-state index in [2.05, 4.69) is 15.5 Å². The van der Waals surface area contributed by atoms with Crippen molar-refractivity contribution in [2.45, 2.75) is 12.1 Å². The lowest BCUT2D eigenvalue weighted by molar-refractivity contribution is -0.140. The Hall–Kier alpha value is -0.790. The molecular formula is C11H18N4O2S. The molecule has 6 nitrogen and oxygen atoms in total. The van der Waals surface area contributed by atoms with E-state index >= 15 is 0 Å². The van der Waals surface area contributed by atoms with E-state index in [9.17, 15) is 9.59 Å². The highest BCUT2D eigenvalue weighted by atomic mass is 32.2. The van der Waals surface area contributed by atoms with Gasteiger partial charge in [-0.2, -0.15) is 0 Å². The minimum atomic E-state index is -0.300. The van der Waals surface area contributed by atoms with Crippen molar-refractivity contribution in [2.24, 2.45) is 0 Å². The molecule has 0 spiro atoms.